The van der Waals surface area contributed by atoms with Gasteiger partial charge in [-0.3, -0.25) is 4.79 Å². The van der Waals surface area contributed by atoms with Gasteiger partial charge in [-0.15, -0.1) is 0 Å². The third-order valence-electron chi connectivity index (χ3n) is 5.19. The van der Waals surface area contributed by atoms with Crippen molar-refractivity contribution in [3.63, 3.8) is 0 Å². The molecule has 0 bridgehead atoms. The number of ether oxygens (including phenoxy) is 2. The SMILES string of the molecule is CC1Oc2ccc(C(N)C(=O)OC(C)(C)CCc3ccc(S(N)(=O)=O)cc3)cc2NC1=O. The molecule has 3 rings (SSSR count). The molecule has 1 aliphatic heterocycles. The zero-order valence-electron chi connectivity index (χ0n) is 18.1. The summed E-state index contributed by atoms with van der Waals surface area (Å²) in [6.07, 6.45) is 0.455. The van der Waals surface area contributed by atoms with Crippen molar-refractivity contribution >= 4 is 27.6 Å². The molecule has 1 amide bonds. The highest BCUT2D eigenvalue weighted by Crippen LogP contribution is 2.32. The minimum absolute atomic E-state index is 0.0407. The van der Waals surface area contributed by atoms with Crippen LogP contribution in [0, 0.1) is 0 Å². The van der Waals surface area contributed by atoms with Crippen molar-refractivity contribution in [1.29, 1.82) is 0 Å². The second kappa shape index (κ2) is 8.89. The van der Waals surface area contributed by atoms with Gasteiger partial charge >= 0.3 is 5.97 Å². The predicted octanol–water partition coefficient (Wildman–Crippen LogP) is 2.01. The number of benzene rings is 2. The van der Waals surface area contributed by atoms with E-state index in [1.54, 1.807) is 51.1 Å². The van der Waals surface area contributed by atoms with E-state index in [2.05, 4.69) is 5.32 Å². The average Bonchev–Trinajstić information content (AvgIpc) is 2.71. The van der Waals surface area contributed by atoms with E-state index in [1.807, 2.05) is 0 Å². The summed E-state index contributed by atoms with van der Waals surface area (Å²) in [7, 11) is -3.74. The number of rotatable bonds is 7. The first kappa shape index (κ1) is 23.7. The number of hydrogen-bond acceptors (Lipinski definition) is 7. The number of primary sulfonamides is 1. The zero-order valence-corrected chi connectivity index (χ0v) is 18.9. The van der Waals surface area contributed by atoms with Gasteiger partial charge in [0.1, 0.15) is 17.4 Å². The number of amides is 1. The van der Waals surface area contributed by atoms with Gasteiger partial charge < -0.3 is 20.5 Å². The highest BCUT2D eigenvalue weighted by molar-refractivity contribution is 7.89. The first-order chi connectivity index (χ1) is 14.9. The zero-order chi connectivity index (χ0) is 23.7. The number of nitrogens with one attached hydrogen (secondary N) is 1. The van der Waals surface area contributed by atoms with Crippen LogP contribution in [-0.4, -0.2) is 32.0 Å². The molecule has 0 aromatic heterocycles. The van der Waals surface area contributed by atoms with Crippen LogP contribution >= 0.6 is 0 Å². The summed E-state index contributed by atoms with van der Waals surface area (Å²) < 4.78 is 33.9. The number of esters is 1. The van der Waals surface area contributed by atoms with Crippen LogP contribution in [0.25, 0.3) is 0 Å². The van der Waals surface area contributed by atoms with Crippen molar-refractivity contribution in [2.45, 2.75) is 56.3 Å². The van der Waals surface area contributed by atoms with Crippen LogP contribution in [0.1, 0.15) is 44.4 Å². The Morgan fingerprint density at radius 1 is 1.22 bits per heavy atom. The molecular formula is C22H27N3O6S. The lowest BCUT2D eigenvalue weighted by atomic mass is 9.98. The van der Waals surface area contributed by atoms with Crippen LogP contribution in [0.4, 0.5) is 5.69 Å². The predicted molar refractivity (Wildman–Crippen MR) is 118 cm³/mol. The van der Waals surface area contributed by atoms with Gasteiger partial charge in [0.05, 0.1) is 10.6 Å². The quantitative estimate of drug-likeness (QED) is 0.534. The Kier molecular flexibility index (Phi) is 6.59. The summed E-state index contributed by atoms with van der Waals surface area (Å²) in [5.41, 5.74) is 7.12. The van der Waals surface area contributed by atoms with Gasteiger partial charge in [0.2, 0.25) is 10.0 Å². The Balaban J connectivity index is 1.61. The first-order valence-corrected chi connectivity index (χ1v) is 11.6. The molecule has 0 spiro atoms. The number of sulfonamides is 1. The minimum Gasteiger partial charge on any atom is -0.479 e. The molecule has 0 radical (unpaired) electrons. The molecule has 32 heavy (non-hydrogen) atoms. The topological polar surface area (TPSA) is 151 Å². The summed E-state index contributed by atoms with van der Waals surface area (Å²) in [5.74, 6) is -0.366. The van der Waals surface area contributed by atoms with E-state index in [-0.39, 0.29) is 10.8 Å². The summed E-state index contributed by atoms with van der Waals surface area (Å²) in [6.45, 7) is 5.20. The largest absolute Gasteiger partial charge is 0.479 e. The molecule has 0 aliphatic carbocycles. The lowest BCUT2D eigenvalue weighted by molar-refractivity contribution is -0.158. The standard InChI is InChI=1S/C22H27N3O6S/c1-13-20(26)25-17-12-15(6-9-18(17)30-13)19(23)21(27)31-22(2,3)11-10-14-4-7-16(8-5-14)32(24,28)29/h4-9,12-13,19H,10-11,23H2,1-3H3,(H,25,26)(H2,24,28,29). The Bertz CT molecular complexity index is 1130. The second-order valence-corrected chi connectivity index (χ2v) is 9.91. The lowest BCUT2D eigenvalue weighted by Crippen LogP contribution is -2.35. The van der Waals surface area contributed by atoms with E-state index >= 15 is 0 Å². The number of nitrogens with two attached hydrogens (primary N) is 2. The number of aryl methyl sites for hydroxylation is 1. The fourth-order valence-corrected chi connectivity index (χ4v) is 3.75. The fraction of sp³-hybridized carbons (Fsp3) is 0.364. The number of hydrogen-bond donors (Lipinski definition) is 3. The molecule has 0 saturated carbocycles. The normalized spacial score (nSPS) is 17.0. The van der Waals surface area contributed by atoms with Crippen LogP contribution in [0.15, 0.2) is 47.4 Å². The summed E-state index contributed by atoms with van der Waals surface area (Å²) in [5, 5.41) is 7.83. The Hall–Kier alpha value is -2.95. The first-order valence-electron chi connectivity index (χ1n) is 10.1. The maximum Gasteiger partial charge on any atom is 0.328 e. The molecule has 1 aliphatic rings. The van der Waals surface area contributed by atoms with Crippen molar-refractivity contribution in [2.75, 3.05) is 5.32 Å². The second-order valence-electron chi connectivity index (χ2n) is 8.35. The van der Waals surface area contributed by atoms with E-state index in [0.717, 1.165) is 5.56 Å². The van der Waals surface area contributed by atoms with Crippen LogP contribution in [0.5, 0.6) is 5.75 Å². The van der Waals surface area contributed by atoms with Crippen molar-refractivity contribution < 1.29 is 27.5 Å². The number of fused-ring (bicyclic) bond motifs is 1. The molecule has 172 valence electrons. The lowest BCUT2D eigenvalue weighted by Gasteiger charge is -2.28. The molecule has 2 aromatic carbocycles. The maximum atomic E-state index is 12.7. The summed E-state index contributed by atoms with van der Waals surface area (Å²) >= 11 is 0. The molecule has 10 heteroatoms. The van der Waals surface area contributed by atoms with Gasteiger partial charge in [-0.25, -0.2) is 18.4 Å². The molecule has 0 saturated heterocycles. The summed E-state index contributed by atoms with van der Waals surface area (Å²) in [4.78, 5) is 24.5. The molecule has 5 N–H and O–H groups in total. The van der Waals surface area contributed by atoms with E-state index in [9.17, 15) is 18.0 Å². The van der Waals surface area contributed by atoms with Crippen LogP contribution in [0.3, 0.4) is 0 Å². The molecule has 9 nitrogen and oxygen atoms in total. The third-order valence-corrected chi connectivity index (χ3v) is 6.12. The monoisotopic (exact) mass is 461 g/mol. The van der Waals surface area contributed by atoms with Gasteiger partial charge in [-0.2, -0.15) is 0 Å². The fourth-order valence-electron chi connectivity index (χ4n) is 3.23. The van der Waals surface area contributed by atoms with Gasteiger partial charge in [0.15, 0.2) is 6.10 Å². The Morgan fingerprint density at radius 3 is 2.50 bits per heavy atom. The highest BCUT2D eigenvalue weighted by atomic mass is 32.2. The molecular weight excluding hydrogens is 434 g/mol. The number of carbonyl (C=O) groups excluding carboxylic acids is 2. The highest BCUT2D eigenvalue weighted by Gasteiger charge is 2.29. The Morgan fingerprint density at radius 2 is 1.88 bits per heavy atom. The molecule has 2 unspecified atom stereocenters. The van der Waals surface area contributed by atoms with Crippen LogP contribution in [0.2, 0.25) is 0 Å². The van der Waals surface area contributed by atoms with E-state index in [4.69, 9.17) is 20.3 Å². The Labute approximate surface area is 187 Å². The average molecular weight is 462 g/mol. The smallest absolute Gasteiger partial charge is 0.328 e. The van der Waals surface area contributed by atoms with Gasteiger partial charge in [-0.1, -0.05) is 18.2 Å². The maximum absolute atomic E-state index is 12.7. The molecule has 0 fully saturated rings. The van der Waals surface area contributed by atoms with Crippen molar-refractivity contribution in [1.82, 2.24) is 0 Å². The van der Waals surface area contributed by atoms with Gasteiger partial charge in [0, 0.05) is 0 Å². The molecule has 2 atom stereocenters. The molecule has 2 aromatic rings. The van der Waals surface area contributed by atoms with Crippen LogP contribution < -0.4 is 20.9 Å². The number of carbonyl (C=O) groups is 2. The number of anilines is 1. The van der Waals surface area contributed by atoms with Crippen molar-refractivity contribution in [3.8, 4) is 5.75 Å². The van der Waals surface area contributed by atoms with E-state index in [1.165, 1.54) is 12.1 Å². The van der Waals surface area contributed by atoms with Crippen molar-refractivity contribution in [3.05, 3.63) is 53.6 Å². The summed E-state index contributed by atoms with van der Waals surface area (Å²) in [6, 6.07) is 10.1. The third kappa shape index (κ3) is 5.64. The van der Waals surface area contributed by atoms with Gasteiger partial charge in [0.25, 0.3) is 5.91 Å². The van der Waals surface area contributed by atoms with Crippen LogP contribution in [-0.2, 0) is 30.8 Å². The van der Waals surface area contributed by atoms with E-state index < -0.39 is 33.7 Å². The van der Waals surface area contributed by atoms with Gasteiger partial charge in [-0.05, 0) is 69.0 Å². The van der Waals surface area contributed by atoms with Crippen molar-refractivity contribution in [2.24, 2.45) is 10.9 Å². The minimum atomic E-state index is -3.74. The van der Waals surface area contributed by atoms with E-state index in [0.29, 0.717) is 29.8 Å². The molecule has 1 heterocycles.